The predicted octanol–water partition coefficient (Wildman–Crippen LogP) is 3.89. The van der Waals surface area contributed by atoms with Crippen LogP contribution in [0.5, 0.6) is 0 Å². The van der Waals surface area contributed by atoms with Gasteiger partial charge < -0.3 is 20.6 Å². The lowest BCUT2D eigenvalue weighted by Gasteiger charge is -2.21. The number of rotatable bonds is 5. The summed E-state index contributed by atoms with van der Waals surface area (Å²) < 4.78 is 1.89. The lowest BCUT2D eigenvalue weighted by atomic mass is 10.1. The fourth-order valence-electron chi connectivity index (χ4n) is 3.97. The highest BCUT2D eigenvalue weighted by Crippen LogP contribution is 2.38. The molecular formula is C21H21ClN6O. The minimum absolute atomic E-state index is 0.0311. The molecule has 0 bridgehead atoms. The van der Waals surface area contributed by atoms with Gasteiger partial charge in [-0.15, -0.1) is 0 Å². The summed E-state index contributed by atoms with van der Waals surface area (Å²) in [5.74, 6) is 0.699. The molecule has 1 atom stereocenters. The summed E-state index contributed by atoms with van der Waals surface area (Å²) in [5.41, 5.74) is 8.45. The Morgan fingerprint density at radius 2 is 2.17 bits per heavy atom. The van der Waals surface area contributed by atoms with Gasteiger partial charge in [-0.3, -0.25) is 4.79 Å². The van der Waals surface area contributed by atoms with Crippen molar-refractivity contribution in [2.45, 2.75) is 38.4 Å². The van der Waals surface area contributed by atoms with E-state index in [1.54, 1.807) is 6.07 Å². The van der Waals surface area contributed by atoms with Gasteiger partial charge in [0.05, 0.1) is 21.8 Å². The van der Waals surface area contributed by atoms with E-state index < -0.39 is 0 Å². The monoisotopic (exact) mass is 408 g/mol. The van der Waals surface area contributed by atoms with Gasteiger partial charge in [-0.2, -0.15) is 0 Å². The van der Waals surface area contributed by atoms with Crippen molar-refractivity contribution in [3.63, 3.8) is 0 Å². The Balaban J connectivity index is 1.64. The summed E-state index contributed by atoms with van der Waals surface area (Å²) in [7, 11) is 0. The molecule has 4 N–H and O–H groups in total. The molecule has 3 aromatic heterocycles. The molecule has 3 heterocycles. The first-order valence-electron chi connectivity index (χ1n) is 9.69. The minimum Gasteiger partial charge on any atom is -0.361 e. The van der Waals surface area contributed by atoms with Crippen molar-refractivity contribution in [1.82, 2.24) is 19.5 Å². The first-order chi connectivity index (χ1) is 14.1. The number of pyridine rings is 1. The van der Waals surface area contributed by atoms with Crippen LogP contribution in [0.15, 0.2) is 41.6 Å². The Bertz CT molecular complexity index is 1290. The predicted molar refractivity (Wildman–Crippen MR) is 115 cm³/mol. The van der Waals surface area contributed by atoms with E-state index in [0.717, 1.165) is 40.5 Å². The van der Waals surface area contributed by atoms with Crippen LogP contribution in [0, 0.1) is 0 Å². The highest BCUT2D eigenvalue weighted by atomic mass is 35.5. The molecule has 1 aliphatic carbocycles. The zero-order valence-corrected chi connectivity index (χ0v) is 16.7. The molecule has 1 fully saturated rings. The van der Waals surface area contributed by atoms with Gasteiger partial charge in [-0.05, 0) is 42.8 Å². The molecule has 4 aromatic rings. The molecule has 0 amide bonds. The third-order valence-electron chi connectivity index (χ3n) is 5.54. The van der Waals surface area contributed by atoms with Crippen molar-refractivity contribution in [2.75, 3.05) is 5.32 Å². The fourth-order valence-corrected chi connectivity index (χ4v) is 4.24. The van der Waals surface area contributed by atoms with E-state index in [-0.39, 0.29) is 17.6 Å². The van der Waals surface area contributed by atoms with Crippen LogP contribution in [0.2, 0.25) is 5.02 Å². The molecule has 0 spiro atoms. The number of aromatic nitrogens is 4. The number of hydrogen-bond acceptors (Lipinski definition) is 5. The van der Waals surface area contributed by atoms with Gasteiger partial charge >= 0.3 is 0 Å². The van der Waals surface area contributed by atoms with Crippen molar-refractivity contribution in [3.05, 3.63) is 63.4 Å². The van der Waals surface area contributed by atoms with E-state index in [9.17, 15) is 4.79 Å². The van der Waals surface area contributed by atoms with Crippen LogP contribution < -0.4 is 16.6 Å². The second-order valence-electron chi connectivity index (χ2n) is 7.51. The van der Waals surface area contributed by atoms with E-state index in [1.165, 1.54) is 6.33 Å². The molecule has 0 saturated heterocycles. The van der Waals surface area contributed by atoms with Gasteiger partial charge in [0.1, 0.15) is 17.8 Å². The second-order valence-corrected chi connectivity index (χ2v) is 7.92. The average Bonchev–Trinajstić information content (AvgIpc) is 3.45. The molecule has 1 unspecified atom stereocenters. The standard InChI is InChI=1S/C21H21ClN6O/c1-11(27-20-18-13(8-23)9-24-19(18)25-10-26-20)16-7-12-3-2-4-15(22)17(12)21(29)28(16)14-5-6-14/h2-4,7,9-11,14H,5-6,8,23H2,1H3,(H2,24,25,26,27). The average molecular weight is 409 g/mol. The molecule has 8 heteroatoms. The number of halogens is 1. The first-order valence-corrected chi connectivity index (χ1v) is 10.1. The van der Waals surface area contributed by atoms with E-state index in [2.05, 4.69) is 26.3 Å². The fraction of sp³-hybridized carbons (Fsp3) is 0.286. The third-order valence-corrected chi connectivity index (χ3v) is 5.86. The lowest BCUT2D eigenvalue weighted by Crippen LogP contribution is -2.26. The number of anilines is 1. The topological polar surface area (TPSA) is 102 Å². The second kappa shape index (κ2) is 6.86. The van der Waals surface area contributed by atoms with Crippen LogP contribution in [0.4, 0.5) is 5.82 Å². The van der Waals surface area contributed by atoms with Crippen LogP contribution in [0.1, 0.15) is 43.1 Å². The Morgan fingerprint density at radius 3 is 2.93 bits per heavy atom. The Hall–Kier alpha value is -2.90. The van der Waals surface area contributed by atoms with Gasteiger partial charge in [0, 0.05) is 24.5 Å². The molecule has 1 saturated carbocycles. The molecule has 5 rings (SSSR count). The maximum atomic E-state index is 13.3. The van der Waals surface area contributed by atoms with Crippen LogP contribution >= 0.6 is 11.6 Å². The van der Waals surface area contributed by atoms with E-state index in [1.807, 2.05) is 29.8 Å². The quantitative estimate of drug-likeness (QED) is 0.465. The van der Waals surface area contributed by atoms with Gasteiger partial charge in [0.2, 0.25) is 0 Å². The van der Waals surface area contributed by atoms with Crippen molar-refractivity contribution >= 4 is 39.2 Å². The van der Waals surface area contributed by atoms with Gasteiger partial charge in [0.15, 0.2) is 0 Å². The largest absolute Gasteiger partial charge is 0.361 e. The molecule has 0 aliphatic heterocycles. The summed E-state index contributed by atoms with van der Waals surface area (Å²) in [4.78, 5) is 25.1. The number of fused-ring (bicyclic) bond motifs is 2. The molecule has 29 heavy (non-hydrogen) atoms. The number of benzene rings is 1. The van der Waals surface area contributed by atoms with Gasteiger partial charge in [-0.25, -0.2) is 9.97 Å². The molecule has 148 valence electrons. The number of H-pyrrole nitrogens is 1. The molecular weight excluding hydrogens is 388 g/mol. The van der Waals surface area contributed by atoms with Gasteiger partial charge in [-0.1, -0.05) is 23.7 Å². The zero-order chi connectivity index (χ0) is 20.1. The summed E-state index contributed by atoms with van der Waals surface area (Å²) >= 11 is 6.35. The Labute approximate surface area is 171 Å². The maximum Gasteiger partial charge on any atom is 0.260 e. The molecule has 1 aromatic carbocycles. The van der Waals surface area contributed by atoms with E-state index in [4.69, 9.17) is 17.3 Å². The summed E-state index contributed by atoms with van der Waals surface area (Å²) in [6.07, 6.45) is 5.38. The number of nitrogens with zero attached hydrogens (tertiary/aromatic N) is 3. The minimum atomic E-state index is -0.148. The smallest absolute Gasteiger partial charge is 0.260 e. The highest BCUT2D eigenvalue weighted by Gasteiger charge is 2.29. The van der Waals surface area contributed by atoms with Crippen LogP contribution in [0.25, 0.3) is 21.8 Å². The molecule has 1 aliphatic rings. The van der Waals surface area contributed by atoms with Crippen molar-refractivity contribution in [3.8, 4) is 0 Å². The summed E-state index contributed by atoms with van der Waals surface area (Å²) in [5, 5.41) is 6.27. The molecule has 7 nitrogen and oxygen atoms in total. The Kier molecular flexibility index (Phi) is 4.29. The normalized spacial score (nSPS) is 15.1. The Morgan fingerprint density at radius 1 is 1.34 bits per heavy atom. The maximum absolute atomic E-state index is 13.3. The SMILES string of the molecule is CC(Nc1ncnc2[nH]cc(CN)c12)c1cc2cccc(Cl)c2c(=O)n1C1CC1. The number of nitrogens with one attached hydrogen (secondary N) is 2. The number of hydrogen-bond donors (Lipinski definition) is 3. The van der Waals surface area contributed by atoms with Crippen LogP contribution in [-0.4, -0.2) is 19.5 Å². The highest BCUT2D eigenvalue weighted by molar-refractivity contribution is 6.35. The van der Waals surface area contributed by atoms with Crippen molar-refractivity contribution in [2.24, 2.45) is 5.73 Å². The lowest BCUT2D eigenvalue weighted by molar-refractivity contribution is 0.636. The van der Waals surface area contributed by atoms with Crippen molar-refractivity contribution < 1.29 is 0 Å². The number of aromatic amines is 1. The summed E-state index contributed by atoms with van der Waals surface area (Å²) in [6, 6.07) is 7.69. The summed E-state index contributed by atoms with van der Waals surface area (Å²) in [6.45, 7) is 2.42. The van der Waals surface area contributed by atoms with E-state index >= 15 is 0 Å². The molecule has 0 radical (unpaired) electrons. The van der Waals surface area contributed by atoms with Crippen molar-refractivity contribution in [1.29, 1.82) is 0 Å². The number of nitrogens with two attached hydrogens (primary N) is 1. The van der Waals surface area contributed by atoms with E-state index in [0.29, 0.717) is 22.8 Å². The third kappa shape index (κ3) is 2.97. The zero-order valence-electron chi connectivity index (χ0n) is 15.9. The van der Waals surface area contributed by atoms with Crippen LogP contribution in [0.3, 0.4) is 0 Å². The first kappa shape index (κ1) is 18.1. The van der Waals surface area contributed by atoms with Crippen LogP contribution in [-0.2, 0) is 6.54 Å². The van der Waals surface area contributed by atoms with Gasteiger partial charge in [0.25, 0.3) is 5.56 Å².